The normalized spacial score (nSPS) is 22.5. The summed E-state index contributed by atoms with van der Waals surface area (Å²) in [4.78, 5) is 35.5. The molecule has 0 aromatic heterocycles. The van der Waals surface area contributed by atoms with E-state index in [2.05, 4.69) is 10.1 Å². The van der Waals surface area contributed by atoms with Gasteiger partial charge in [-0.05, 0) is 12.8 Å². The topological polar surface area (TPSA) is 95.9 Å². The first-order valence-electron chi connectivity index (χ1n) is 6.77. The van der Waals surface area contributed by atoms with Crippen molar-refractivity contribution in [1.29, 1.82) is 0 Å². The van der Waals surface area contributed by atoms with Crippen molar-refractivity contribution in [3.63, 3.8) is 0 Å². The molecule has 1 rings (SSSR count). The molecule has 0 spiro atoms. The fourth-order valence-corrected chi connectivity index (χ4v) is 2.37. The molecule has 2 N–H and O–H groups in total. The molecule has 1 aliphatic carbocycles. The van der Waals surface area contributed by atoms with Crippen LogP contribution in [0, 0.1) is 5.92 Å². The summed E-state index contributed by atoms with van der Waals surface area (Å²) in [5.74, 6) is -1.96. The van der Waals surface area contributed by atoms with Crippen LogP contribution >= 0.6 is 0 Å². The van der Waals surface area contributed by atoms with Crippen LogP contribution in [0.1, 0.15) is 32.1 Å². The van der Waals surface area contributed by atoms with Gasteiger partial charge < -0.3 is 20.1 Å². The summed E-state index contributed by atoms with van der Waals surface area (Å²) in [6, 6.07) is -0.837. The summed E-state index contributed by atoms with van der Waals surface area (Å²) in [6.07, 6.45) is 3.96. The molecule has 1 aliphatic rings. The van der Waals surface area contributed by atoms with Crippen LogP contribution in [0.4, 0.5) is 4.79 Å². The second-order valence-corrected chi connectivity index (χ2v) is 5.07. The Kier molecular flexibility index (Phi) is 6.27. The summed E-state index contributed by atoms with van der Waals surface area (Å²) < 4.78 is 4.49. The molecule has 0 bridgehead atoms. The fourth-order valence-electron chi connectivity index (χ4n) is 2.37. The lowest BCUT2D eigenvalue weighted by molar-refractivity contribution is -0.143. The molecule has 114 valence electrons. The number of urea groups is 1. The monoisotopic (exact) mass is 286 g/mol. The number of carboxylic acid groups (broad SMARTS) is 1. The largest absolute Gasteiger partial charge is 0.481 e. The number of esters is 1. The Balaban J connectivity index is 2.60. The molecule has 0 radical (unpaired) electrons. The first kappa shape index (κ1) is 16.3. The number of hydrogen-bond donors (Lipinski definition) is 2. The zero-order valence-electron chi connectivity index (χ0n) is 11.9. The van der Waals surface area contributed by atoms with Gasteiger partial charge in [-0.1, -0.05) is 19.3 Å². The molecule has 20 heavy (non-hydrogen) atoms. The molecule has 0 aromatic rings. The minimum absolute atomic E-state index is 0.160. The number of hydrogen-bond acceptors (Lipinski definition) is 4. The van der Waals surface area contributed by atoms with Crippen molar-refractivity contribution in [2.75, 3.05) is 20.7 Å². The molecule has 2 amide bonds. The Morgan fingerprint density at radius 1 is 1.25 bits per heavy atom. The molecule has 2 unspecified atom stereocenters. The number of amides is 2. The van der Waals surface area contributed by atoms with Gasteiger partial charge in [0.1, 0.15) is 6.54 Å². The molecule has 0 aromatic carbocycles. The van der Waals surface area contributed by atoms with E-state index in [0.717, 1.165) is 19.3 Å². The van der Waals surface area contributed by atoms with Crippen LogP contribution in [0.2, 0.25) is 0 Å². The van der Waals surface area contributed by atoms with Gasteiger partial charge in [-0.15, -0.1) is 0 Å². The van der Waals surface area contributed by atoms with Crippen molar-refractivity contribution >= 4 is 18.0 Å². The second kappa shape index (κ2) is 7.72. The highest BCUT2D eigenvalue weighted by Crippen LogP contribution is 2.23. The molecule has 7 nitrogen and oxygen atoms in total. The third kappa shape index (κ3) is 4.71. The summed E-state index contributed by atoms with van der Waals surface area (Å²) in [5, 5.41) is 11.9. The van der Waals surface area contributed by atoms with Crippen molar-refractivity contribution in [3.05, 3.63) is 0 Å². The van der Waals surface area contributed by atoms with Gasteiger partial charge in [-0.3, -0.25) is 9.59 Å². The third-order valence-electron chi connectivity index (χ3n) is 3.58. The first-order valence-corrected chi connectivity index (χ1v) is 6.77. The van der Waals surface area contributed by atoms with Crippen LogP contribution in [0.15, 0.2) is 0 Å². The van der Waals surface area contributed by atoms with Crippen LogP contribution < -0.4 is 5.32 Å². The van der Waals surface area contributed by atoms with Crippen LogP contribution in [0.3, 0.4) is 0 Å². The average molecular weight is 286 g/mol. The average Bonchev–Trinajstić information content (AvgIpc) is 2.63. The summed E-state index contributed by atoms with van der Waals surface area (Å²) in [6.45, 7) is -0.160. The highest BCUT2D eigenvalue weighted by molar-refractivity contribution is 5.81. The standard InChI is InChI=1S/C13H22N2O5/c1-15(8-11(16)20-2)13(19)14-10-7-5-3-4-6-9(10)12(17)18/h9-10H,3-8H2,1-2H3,(H,14,19)(H,17,18). The van der Waals surface area contributed by atoms with Gasteiger partial charge in [0, 0.05) is 13.1 Å². The Morgan fingerprint density at radius 2 is 1.90 bits per heavy atom. The zero-order chi connectivity index (χ0) is 15.1. The molecule has 0 heterocycles. The second-order valence-electron chi connectivity index (χ2n) is 5.07. The predicted molar refractivity (Wildman–Crippen MR) is 71.2 cm³/mol. The van der Waals surface area contributed by atoms with E-state index in [0.29, 0.717) is 12.8 Å². The Hall–Kier alpha value is -1.79. The lowest BCUT2D eigenvalue weighted by atomic mass is 9.95. The Labute approximate surface area is 118 Å². The number of methoxy groups -OCH3 is 1. The SMILES string of the molecule is COC(=O)CN(C)C(=O)NC1CCCCCC1C(=O)O. The lowest BCUT2D eigenvalue weighted by Crippen LogP contribution is -2.48. The van der Waals surface area contributed by atoms with Crippen LogP contribution in [-0.4, -0.2) is 54.7 Å². The van der Waals surface area contributed by atoms with E-state index in [4.69, 9.17) is 0 Å². The van der Waals surface area contributed by atoms with Crippen molar-refractivity contribution in [3.8, 4) is 0 Å². The number of carbonyl (C=O) groups is 3. The number of carbonyl (C=O) groups excluding carboxylic acids is 2. The van der Waals surface area contributed by atoms with Crippen molar-refractivity contribution < 1.29 is 24.2 Å². The number of nitrogens with one attached hydrogen (secondary N) is 1. The van der Waals surface area contributed by atoms with Crippen LogP contribution in [0.5, 0.6) is 0 Å². The maximum atomic E-state index is 12.0. The van der Waals surface area contributed by atoms with Crippen molar-refractivity contribution in [2.45, 2.75) is 38.1 Å². The quantitative estimate of drug-likeness (QED) is 0.589. The molecule has 0 saturated heterocycles. The molecule has 1 fully saturated rings. The van der Waals surface area contributed by atoms with Gasteiger partial charge in [-0.2, -0.15) is 0 Å². The highest BCUT2D eigenvalue weighted by atomic mass is 16.5. The van der Waals surface area contributed by atoms with E-state index in [1.54, 1.807) is 0 Å². The van der Waals surface area contributed by atoms with Crippen LogP contribution in [-0.2, 0) is 14.3 Å². The van der Waals surface area contributed by atoms with E-state index in [1.165, 1.54) is 19.1 Å². The van der Waals surface area contributed by atoms with Gasteiger partial charge in [0.2, 0.25) is 0 Å². The summed E-state index contributed by atoms with van der Waals surface area (Å²) in [5.41, 5.74) is 0. The van der Waals surface area contributed by atoms with Crippen molar-refractivity contribution in [2.24, 2.45) is 5.92 Å². The van der Waals surface area contributed by atoms with Crippen molar-refractivity contribution in [1.82, 2.24) is 10.2 Å². The van der Waals surface area contributed by atoms with E-state index < -0.39 is 23.9 Å². The number of ether oxygens (including phenoxy) is 1. The Morgan fingerprint density at radius 3 is 2.50 bits per heavy atom. The molecule has 7 heteroatoms. The molecule has 1 saturated carbocycles. The highest BCUT2D eigenvalue weighted by Gasteiger charge is 2.31. The predicted octanol–water partition coefficient (Wildman–Crippen LogP) is 0.834. The molecular weight excluding hydrogens is 264 g/mol. The van der Waals surface area contributed by atoms with Crippen LogP contribution in [0.25, 0.3) is 0 Å². The number of likely N-dealkylation sites (N-methyl/N-ethyl adjacent to an activating group) is 1. The molecule has 2 atom stereocenters. The maximum absolute atomic E-state index is 12.0. The van der Waals surface area contributed by atoms with E-state index in [9.17, 15) is 19.5 Å². The minimum atomic E-state index is -0.882. The number of rotatable bonds is 4. The number of nitrogens with zero attached hydrogens (tertiary/aromatic N) is 1. The minimum Gasteiger partial charge on any atom is -0.481 e. The number of carboxylic acids is 1. The lowest BCUT2D eigenvalue weighted by Gasteiger charge is -2.25. The fraction of sp³-hybridized carbons (Fsp3) is 0.769. The molecular formula is C13H22N2O5. The molecule has 0 aliphatic heterocycles. The van der Waals surface area contributed by atoms with E-state index in [-0.39, 0.29) is 12.6 Å². The van der Waals surface area contributed by atoms with E-state index in [1.807, 2.05) is 0 Å². The van der Waals surface area contributed by atoms with Gasteiger partial charge in [-0.25, -0.2) is 4.79 Å². The maximum Gasteiger partial charge on any atom is 0.325 e. The Bertz CT molecular complexity index is 372. The first-order chi connectivity index (χ1) is 9.45. The van der Waals surface area contributed by atoms with Gasteiger partial charge in [0.25, 0.3) is 0 Å². The third-order valence-corrected chi connectivity index (χ3v) is 3.58. The smallest absolute Gasteiger partial charge is 0.325 e. The van der Waals surface area contributed by atoms with E-state index >= 15 is 0 Å². The van der Waals surface area contributed by atoms with Gasteiger partial charge in [0.05, 0.1) is 13.0 Å². The summed E-state index contributed by atoms with van der Waals surface area (Å²) in [7, 11) is 2.72. The number of aliphatic carboxylic acids is 1. The van der Waals surface area contributed by atoms with Gasteiger partial charge in [0.15, 0.2) is 0 Å². The van der Waals surface area contributed by atoms with Gasteiger partial charge >= 0.3 is 18.0 Å². The summed E-state index contributed by atoms with van der Waals surface area (Å²) >= 11 is 0. The zero-order valence-corrected chi connectivity index (χ0v) is 11.9.